The molecule has 19 heavy (non-hydrogen) atoms. The van der Waals surface area contributed by atoms with Crippen molar-refractivity contribution in [3.8, 4) is 0 Å². The summed E-state index contributed by atoms with van der Waals surface area (Å²) in [5.74, 6) is 0.854. The maximum Gasteiger partial charge on any atom is 0.416 e. The second kappa shape index (κ2) is 5.44. The number of alkyl halides is 3. The van der Waals surface area contributed by atoms with Crippen LogP contribution in [0.3, 0.4) is 0 Å². The van der Waals surface area contributed by atoms with Gasteiger partial charge in [-0.05, 0) is 11.6 Å². The Hall–Kier alpha value is -1.82. The van der Waals surface area contributed by atoms with Crippen molar-refractivity contribution in [1.82, 2.24) is 4.98 Å². The zero-order valence-electron chi connectivity index (χ0n) is 9.94. The number of oxazole rings is 1. The monoisotopic (exact) mass is 271 g/mol. The summed E-state index contributed by atoms with van der Waals surface area (Å²) >= 11 is 0. The van der Waals surface area contributed by atoms with Crippen LogP contribution in [0.25, 0.3) is 0 Å². The molecule has 2 aromatic rings. The third-order valence-corrected chi connectivity index (χ3v) is 2.57. The molecule has 0 aliphatic carbocycles. The van der Waals surface area contributed by atoms with Gasteiger partial charge in [-0.25, -0.2) is 4.98 Å². The summed E-state index contributed by atoms with van der Waals surface area (Å²) in [6, 6.07) is 5.05. The van der Waals surface area contributed by atoms with Gasteiger partial charge in [-0.1, -0.05) is 18.2 Å². The Morgan fingerprint density at radius 3 is 2.74 bits per heavy atom. The first kappa shape index (κ1) is 13.6. The van der Waals surface area contributed by atoms with Crippen LogP contribution in [0, 0.1) is 0 Å². The smallest absolute Gasteiger partial charge is 0.416 e. The van der Waals surface area contributed by atoms with Crippen LogP contribution in [0.4, 0.5) is 13.2 Å². The molecule has 1 aromatic heterocycles. The summed E-state index contributed by atoms with van der Waals surface area (Å²) in [6.07, 6.45) is -2.35. The molecule has 0 unspecified atom stereocenters. The van der Waals surface area contributed by atoms with Gasteiger partial charge in [0.1, 0.15) is 5.76 Å². The highest BCUT2D eigenvalue weighted by molar-refractivity contribution is 5.27. The van der Waals surface area contributed by atoms with E-state index in [2.05, 4.69) is 4.98 Å². The molecule has 0 saturated carbocycles. The van der Waals surface area contributed by atoms with Crippen molar-refractivity contribution >= 4 is 0 Å². The van der Waals surface area contributed by atoms with E-state index >= 15 is 0 Å². The number of rotatable bonds is 4. The van der Waals surface area contributed by atoms with Gasteiger partial charge in [-0.15, -0.1) is 0 Å². The lowest BCUT2D eigenvalue weighted by Crippen LogP contribution is -2.05. The topological polar surface area (TPSA) is 46.3 Å². The molecule has 1 aromatic carbocycles. The van der Waals surface area contributed by atoms with Crippen molar-refractivity contribution in [2.45, 2.75) is 19.0 Å². The van der Waals surface area contributed by atoms with Gasteiger partial charge in [0.15, 0.2) is 5.89 Å². The van der Waals surface area contributed by atoms with E-state index in [1.54, 1.807) is 6.07 Å². The number of nitrogens with zero attached hydrogens (tertiary/aromatic N) is 1. The number of halogens is 3. The Kier molecular flexibility index (Phi) is 3.90. The molecule has 0 fully saturated rings. The van der Waals surface area contributed by atoms with E-state index < -0.39 is 11.7 Å². The predicted molar refractivity (Wildman–Crippen MR) is 61.5 cm³/mol. The van der Waals surface area contributed by atoms with E-state index in [9.17, 15) is 13.2 Å². The molecule has 0 saturated heterocycles. The van der Waals surface area contributed by atoms with Crippen molar-refractivity contribution in [3.05, 3.63) is 53.2 Å². The van der Waals surface area contributed by atoms with Gasteiger partial charge in [0.05, 0.1) is 18.4 Å². The van der Waals surface area contributed by atoms with Crippen LogP contribution in [-0.4, -0.2) is 16.7 Å². The zero-order valence-corrected chi connectivity index (χ0v) is 9.94. The van der Waals surface area contributed by atoms with Crippen LogP contribution >= 0.6 is 0 Å². The molecule has 0 aliphatic rings. The van der Waals surface area contributed by atoms with Crippen molar-refractivity contribution < 1.29 is 22.7 Å². The molecule has 0 amide bonds. The maximum absolute atomic E-state index is 12.5. The standard InChI is InChI=1S/C13H12F3NO2/c14-13(15,16)10-3-1-2-9(6-10)7-12-17-8-11(19-12)4-5-18/h1-3,6,8,18H,4-5,7H2. The van der Waals surface area contributed by atoms with Crippen LogP contribution < -0.4 is 0 Å². The van der Waals surface area contributed by atoms with Crippen LogP contribution in [-0.2, 0) is 19.0 Å². The molecule has 6 heteroatoms. The van der Waals surface area contributed by atoms with Crippen molar-refractivity contribution in [1.29, 1.82) is 0 Å². The van der Waals surface area contributed by atoms with Gasteiger partial charge in [0.25, 0.3) is 0 Å². The highest BCUT2D eigenvalue weighted by Crippen LogP contribution is 2.29. The number of hydrogen-bond donors (Lipinski definition) is 1. The van der Waals surface area contributed by atoms with Crippen LogP contribution in [0.2, 0.25) is 0 Å². The van der Waals surface area contributed by atoms with Gasteiger partial charge in [-0.2, -0.15) is 13.2 Å². The number of aliphatic hydroxyl groups excluding tert-OH is 1. The van der Waals surface area contributed by atoms with Gasteiger partial charge < -0.3 is 9.52 Å². The second-order valence-electron chi connectivity index (χ2n) is 4.07. The summed E-state index contributed by atoms with van der Waals surface area (Å²) in [5, 5.41) is 8.73. The van der Waals surface area contributed by atoms with E-state index in [4.69, 9.17) is 9.52 Å². The average Bonchev–Trinajstić information content (AvgIpc) is 2.76. The van der Waals surface area contributed by atoms with Gasteiger partial charge in [0, 0.05) is 12.8 Å². The number of aliphatic hydroxyl groups is 1. The quantitative estimate of drug-likeness (QED) is 0.930. The fourth-order valence-electron chi connectivity index (χ4n) is 1.69. The van der Waals surface area contributed by atoms with E-state index in [1.807, 2.05) is 0 Å². The van der Waals surface area contributed by atoms with E-state index in [1.165, 1.54) is 12.3 Å². The number of benzene rings is 1. The minimum absolute atomic E-state index is 0.0573. The van der Waals surface area contributed by atoms with Crippen LogP contribution in [0.1, 0.15) is 22.8 Å². The zero-order chi connectivity index (χ0) is 13.9. The Morgan fingerprint density at radius 2 is 2.05 bits per heavy atom. The largest absolute Gasteiger partial charge is 0.445 e. The molecule has 1 N–H and O–H groups in total. The molecule has 2 rings (SSSR count). The van der Waals surface area contributed by atoms with Gasteiger partial charge in [-0.3, -0.25) is 0 Å². The van der Waals surface area contributed by atoms with Crippen molar-refractivity contribution in [2.75, 3.05) is 6.61 Å². The van der Waals surface area contributed by atoms with Gasteiger partial charge >= 0.3 is 6.18 Å². The third-order valence-electron chi connectivity index (χ3n) is 2.57. The molecule has 1 heterocycles. The third kappa shape index (κ3) is 3.57. The lowest BCUT2D eigenvalue weighted by Gasteiger charge is -2.07. The Morgan fingerprint density at radius 1 is 1.26 bits per heavy atom. The SMILES string of the molecule is OCCc1cnc(Cc2cccc(C(F)(F)F)c2)o1. The van der Waals surface area contributed by atoms with E-state index in [0.29, 0.717) is 23.6 Å². The summed E-state index contributed by atoms with van der Waals surface area (Å²) in [6.45, 7) is -0.0573. The highest BCUT2D eigenvalue weighted by atomic mass is 19.4. The second-order valence-corrected chi connectivity index (χ2v) is 4.07. The highest BCUT2D eigenvalue weighted by Gasteiger charge is 2.30. The summed E-state index contributed by atoms with van der Waals surface area (Å²) in [7, 11) is 0. The van der Waals surface area contributed by atoms with E-state index in [0.717, 1.165) is 12.1 Å². The molecular weight excluding hydrogens is 259 g/mol. The summed E-state index contributed by atoms with van der Waals surface area (Å²) < 4.78 is 42.9. The molecule has 0 atom stereocenters. The predicted octanol–water partition coefficient (Wildman–Crippen LogP) is 2.82. The fourth-order valence-corrected chi connectivity index (χ4v) is 1.69. The first-order valence-corrected chi connectivity index (χ1v) is 5.69. The van der Waals surface area contributed by atoms with E-state index in [-0.39, 0.29) is 13.0 Å². The molecule has 0 radical (unpaired) electrons. The van der Waals surface area contributed by atoms with Crippen LogP contribution in [0.15, 0.2) is 34.9 Å². The molecular formula is C13H12F3NO2. The van der Waals surface area contributed by atoms with Crippen molar-refractivity contribution in [2.24, 2.45) is 0 Å². The number of aromatic nitrogens is 1. The summed E-state index contributed by atoms with van der Waals surface area (Å²) in [4.78, 5) is 3.96. The average molecular weight is 271 g/mol. The molecule has 102 valence electrons. The fraction of sp³-hybridized carbons (Fsp3) is 0.308. The maximum atomic E-state index is 12.5. The summed E-state index contributed by atoms with van der Waals surface area (Å²) in [5.41, 5.74) is -0.209. The lowest BCUT2D eigenvalue weighted by molar-refractivity contribution is -0.137. The molecule has 0 spiro atoms. The lowest BCUT2D eigenvalue weighted by atomic mass is 10.1. The molecule has 0 bridgehead atoms. The Balaban J connectivity index is 2.14. The molecule has 0 aliphatic heterocycles. The minimum atomic E-state index is -4.35. The van der Waals surface area contributed by atoms with Gasteiger partial charge in [0.2, 0.25) is 0 Å². The van der Waals surface area contributed by atoms with Crippen LogP contribution in [0.5, 0.6) is 0 Å². The Bertz CT molecular complexity index is 549. The Labute approximate surface area is 107 Å². The first-order chi connectivity index (χ1) is 8.99. The minimum Gasteiger partial charge on any atom is -0.445 e. The number of hydrogen-bond acceptors (Lipinski definition) is 3. The van der Waals surface area contributed by atoms with Crippen molar-refractivity contribution in [3.63, 3.8) is 0 Å². The first-order valence-electron chi connectivity index (χ1n) is 5.69. The normalized spacial score (nSPS) is 11.8. The molecule has 3 nitrogen and oxygen atoms in total.